The van der Waals surface area contributed by atoms with Crippen molar-refractivity contribution < 1.29 is 27.1 Å². The molecule has 0 aliphatic carbocycles. The number of halogens is 4. The third-order valence-corrected chi connectivity index (χ3v) is 2.74. The van der Waals surface area contributed by atoms with E-state index in [-0.39, 0.29) is 12.6 Å². The minimum absolute atomic E-state index is 0.197. The first-order chi connectivity index (χ1) is 9.31. The van der Waals surface area contributed by atoms with Gasteiger partial charge in [-0.3, -0.25) is 4.79 Å². The number of rotatable bonds is 5. The summed E-state index contributed by atoms with van der Waals surface area (Å²) in [6.45, 7) is 1.97. The average molecular weight is 293 g/mol. The smallest absolute Gasteiger partial charge is 0.383 e. The highest BCUT2D eigenvalue weighted by atomic mass is 19.4. The summed E-state index contributed by atoms with van der Waals surface area (Å²) < 4.78 is 56.2. The lowest BCUT2D eigenvalue weighted by Gasteiger charge is -2.17. The van der Waals surface area contributed by atoms with Gasteiger partial charge in [-0.2, -0.15) is 13.2 Å². The summed E-state index contributed by atoms with van der Waals surface area (Å²) in [6, 6.07) is 2.22. The number of methoxy groups -OCH3 is 1. The van der Waals surface area contributed by atoms with Crippen molar-refractivity contribution in [2.45, 2.75) is 25.6 Å². The lowest BCUT2D eigenvalue weighted by molar-refractivity contribution is -0.140. The second-order valence-corrected chi connectivity index (χ2v) is 4.20. The van der Waals surface area contributed by atoms with Crippen LogP contribution in [0.5, 0.6) is 0 Å². The molecule has 0 radical (unpaired) electrons. The van der Waals surface area contributed by atoms with Crippen LogP contribution in [0.3, 0.4) is 0 Å². The lowest BCUT2D eigenvalue weighted by Crippen LogP contribution is -2.38. The normalized spacial score (nSPS) is 13.1. The van der Waals surface area contributed by atoms with Gasteiger partial charge in [0.25, 0.3) is 5.91 Å². The summed E-state index contributed by atoms with van der Waals surface area (Å²) >= 11 is 0. The molecule has 1 rings (SSSR count). The van der Waals surface area contributed by atoms with E-state index in [1.54, 1.807) is 6.92 Å². The fraction of sp³-hybridized carbons (Fsp3) is 0.462. The minimum Gasteiger partial charge on any atom is -0.383 e. The van der Waals surface area contributed by atoms with Crippen LogP contribution >= 0.6 is 0 Å². The quantitative estimate of drug-likeness (QED) is 0.848. The van der Waals surface area contributed by atoms with Crippen LogP contribution in [0, 0.1) is 5.82 Å². The van der Waals surface area contributed by atoms with Gasteiger partial charge in [0.1, 0.15) is 5.82 Å². The molecule has 0 spiro atoms. The van der Waals surface area contributed by atoms with Crippen molar-refractivity contribution in [3.63, 3.8) is 0 Å². The van der Waals surface area contributed by atoms with E-state index >= 15 is 0 Å². The van der Waals surface area contributed by atoms with Crippen molar-refractivity contribution in [1.29, 1.82) is 0 Å². The highest BCUT2D eigenvalue weighted by Crippen LogP contribution is 2.32. The summed E-state index contributed by atoms with van der Waals surface area (Å²) in [6.07, 6.45) is -4.32. The second kappa shape index (κ2) is 6.69. The zero-order valence-electron chi connectivity index (χ0n) is 11.1. The van der Waals surface area contributed by atoms with Gasteiger partial charge in [0.2, 0.25) is 0 Å². The number of nitrogens with one attached hydrogen (secondary N) is 1. The van der Waals surface area contributed by atoms with Crippen molar-refractivity contribution in [1.82, 2.24) is 5.32 Å². The Morgan fingerprint density at radius 1 is 1.40 bits per heavy atom. The maximum Gasteiger partial charge on any atom is 0.419 e. The molecule has 0 fully saturated rings. The fourth-order valence-corrected chi connectivity index (χ4v) is 1.65. The highest BCUT2D eigenvalue weighted by molar-refractivity contribution is 5.94. The number of hydrogen-bond donors (Lipinski definition) is 1. The molecule has 1 aromatic carbocycles. The first-order valence-corrected chi connectivity index (χ1v) is 5.96. The van der Waals surface area contributed by atoms with E-state index in [9.17, 15) is 22.4 Å². The molecule has 1 aromatic rings. The van der Waals surface area contributed by atoms with Gasteiger partial charge >= 0.3 is 6.18 Å². The van der Waals surface area contributed by atoms with Gasteiger partial charge in [0, 0.05) is 7.11 Å². The molecule has 1 unspecified atom stereocenters. The maximum absolute atomic E-state index is 13.7. The van der Waals surface area contributed by atoms with Crippen LogP contribution in [-0.2, 0) is 10.9 Å². The van der Waals surface area contributed by atoms with Crippen LogP contribution in [0.25, 0.3) is 0 Å². The largest absolute Gasteiger partial charge is 0.419 e. The third kappa shape index (κ3) is 3.93. The van der Waals surface area contributed by atoms with Gasteiger partial charge in [-0.15, -0.1) is 0 Å². The Bertz CT molecular complexity index is 474. The molecule has 0 aliphatic heterocycles. The number of amides is 1. The van der Waals surface area contributed by atoms with Crippen LogP contribution in [-0.4, -0.2) is 25.7 Å². The molecule has 0 saturated carbocycles. The molecule has 0 bridgehead atoms. The fourth-order valence-electron chi connectivity index (χ4n) is 1.65. The first kappa shape index (κ1) is 16.4. The molecule has 1 atom stereocenters. The topological polar surface area (TPSA) is 38.3 Å². The summed E-state index contributed by atoms with van der Waals surface area (Å²) in [5.74, 6) is -2.46. The van der Waals surface area contributed by atoms with Crippen molar-refractivity contribution in [3.05, 3.63) is 35.1 Å². The molecule has 1 amide bonds. The van der Waals surface area contributed by atoms with E-state index in [1.807, 2.05) is 0 Å². The van der Waals surface area contributed by atoms with E-state index in [4.69, 9.17) is 4.74 Å². The van der Waals surface area contributed by atoms with Gasteiger partial charge in [0.05, 0.1) is 23.8 Å². The molecule has 3 nitrogen and oxygen atoms in total. The zero-order valence-corrected chi connectivity index (χ0v) is 11.1. The number of carbonyl (C=O) groups is 1. The van der Waals surface area contributed by atoms with E-state index < -0.39 is 29.0 Å². The summed E-state index contributed by atoms with van der Waals surface area (Å²) in [5, 5.41) is 2.43. The van der Waals surface area contributed by atoms with Crippen LogP contribution < -0.4 is 5.32 Å². The minimum atomic E-state index is -4.84. The Morgan fingerprint density at radius 2 is 2.05 bits per heavy atom. The second-order valence-electron chi connectivity index (χ2n) is 4.20. The average Bonchev–Trinajstić information content (AvgIpc) is 2.36. The Balaban J connectivity index is 3.00. The van der Waals surface area contributed by atoms with Crippen molar-refractivity contribution in [2.24, 2.45) is 0 Å². The predicted molar refractivity (Wildman–Crippen MR) is 64.8 cm³/mol. The monoisotopic (exact) mass is 293 g/mol. The first-order valence-electron chi connectivity index (χ1n) is 5.96. The number of carbonyl (C=O) groups excluding carboxylic acids is 1. The highest BCUT2D eigenvalue weighted by Gasteiger charge is 2.35. The molecule has 0 heterocycles. The standard InChI is InChI=1S/C13H15F4NO2/c1-3-8(7-20-2)18-12(19)9-5-4-6-10(11(9)14)13(15,16)17/h4-6,8H,3,7H2,1-2H3,(H,18,19). The number of alkyl halides is 3. The van der Waals surface area contributed by atoms with E-state index in [1.165, 1.54) is 7.11 Å². The van der Waals surface area contributed by atoms with Crippen LogP contribution in [0.4, 0.5) is 17.6 Å². The van der Waals surface area contributed by atoms with E-state index in [0.29, 0.717) is 12.5 Å². The molecule has 112 valence electrons. The molecular formula is C13H15F4NO2. The maximum atomic E-state index is 13.7. The number of ether oxygens (including phenoxy) is 1. The van der Waals surface area contributed by atoms with Crippen molar-refractivity contribution >= 4 is 5.91 Å². The van der Waals surface area contributed by atoms with Crippen LogP contribution in [0.15, 0.2) is 18.2 Å². The Hall–Kier alpha value is -1.63. The molecular weight excluding hydrogens is 278 g/mol. The van der Waals surface area contributed by atoms with Crippen LogP contribution in [0.2, 0.25) is 0 Å². The molecule has 7 heteroatoms. The molecule has 20 heavy (non-hydrogen) atoms. The van der Waals surface area contributed by atoms with Crippen molar-refractivity contribution in [3.8, 4) is 0 Å². The van der Waals surface area contributed by atoms with Gasteiger partial charge in [-0.25, -0.2) is 4.39 Å². The Morgan fingerprint density at radius 3 is 2.55 bits per heavy atom. The van der Waals surface area contributed by atoms with E-state index in [2.05, 4.69) is 5.32 Å². The Kier molecular flexibility index (Phi) is 5.50. The third-order valence-electron chi connectivity index (χ3n) is 2.74. The summed E-state index contributed by atoms with van der Waals surface area (Å²) in [4.78, 5) is 11.8. The summed E-state index contributed by atoms with van der Waals surface area (Å²) in [7, 11) is 1.43. The summed E-state index contributed by atoms with van der Waals surface area (Å²) in [5.41, 5.74) is -2.08. The molecule has 0 saturated heterocycles. The SMILES string of the molecule is CCC(COC)NC(=O)c1cccc(C(F)(F)F)c1F. The molecule has 0 aromatic heterocycles. The number of hydrogen-bond acceptors (Lipinski definition) is 2. The van der Waals surface area contributed by atoms with Gasteiger partial charge in [0.15, 0.2) is 0 Å². The van der Waals surface area contributed by atoms with Gasteiger partial charge in [-0.05, 0) is 18.6 Å². The Labute approximate surface area is 113 Å². The number of benzene rings is 1. The molecule has 0 aliphatic rings. The van der Waals surface area contributed by atoms with E-state index in [0.717, 1.165) is 12.1 Å². The molecule has 1 N–H and O–H groups in total. The predicted octanol–water partition coefficient (Wildman–Crippen LogP) is 3.00. The van der Waals surface area contributed by atoms with Crippen LogP contribution in [0.1, 0.15) is 29.3 Å². The zero-order chi connectivity index (χ0) is 15.3. The van der Waals surface area contributed by atoms with Crippen molar-refractivity contribution in [2.75, 3.05) is 13.7 Å². The van der Waals surface area contributed by atoms with Gasteiger partial charge < -0.3 is 10.1 Å². The lowest BCUT2D eigenvalue weighted by atomic mass is 10.1. The van der Waals surface area contributed by atoms with Gasteiger partial charge in [-0.1, -0.05) is 13.0 Å².